The number of hydrogen-bond acceptors (Lipinski definition) is 7. The average Bonchev–Trinajstić information content (AvgIpc) is 3.13. The Morgan fingerprint density at radius 1 is 1.12 bits per heavy atom. The van der Waals surface area contributed by atoms with E-state index in [-0.39, 0.29) is 18.2 Å². The Morgan fingerprint density at radius 2 is 1.91 bits per heavy atom. The number of esters is 1. The van der Waals surface area contributed by atoms with Crippen LogP contribution in [-0.4, -0.2) is 30.7 Å². The second-order valence-electron chi connectivity index (χ2n) is 7.23. The van der Waals surface area contributed by atoms with Crippen LogP contribution < -0.4 is 14.8 Å². The van der Waals surface area contributed by atoms with Crippen LogP contribution in [0.25, 0.3) is 0 Å². The number of nitrogens with zero attached hydrogens (tertiary/aromatic N) is 1. The molecule has 0 aliphatic heterocycles. The van der Waals surface area contributed by atoms with E-state index in [4.69, 9.17) is 18.7 Å². The molecule has 1 unspecified atom stereocenters. The van der Waals surface area contributed by atoms with E-state index < -0.39 is 18.5 Å². The normalized spacial score (nSPS) is 11.5. The molecule has 8 heteroatoms. The van der Waals surface area contributed by atoms with Gasteiger partial charge in [0.25, 0.3) is 5.91 Å². The molecule has 3 aromatic rings. The first-order chi connectivity index (χ1) is 15.4. The van der Waals surface area contributed by atoms with Crippen LogP contribution in [0.5, 0.6) is 11.5 Å². The van der Waals surface area contributed by atoms with E-state index in [0.29, 0.717) is 17.3 Å². The molecule has 0 radical (unpaired) electrons. The quantitative estimate of drug-likeness (QED) is 0.506. The molecule has 8 nitrogen and oxygen atoms in total. The van der Waals surface area contributed by atoms with Crippen molar-refractivity contribution in [3.05, 3.63) is 76.7 Å². The first-order valence-electron chi connectivity index (χ1n) is 10.1. The third-order valence-electron chi connectivity index (χ3n) is 4.95. The SMILES string of the molecule is COc1ccccc1C(C)NC(=O)COC(=O)c1cccc(OCc2c(C)noc2C)c1. The zero-order valence-corrected chi connectivity index (χ0v) is 18.5. The summed E-state index contributed by atoms with van der Waals surface area (Å²) >= 11 is 0. The maximum Gasteiger partial charge on any atom is 0.338 e. The van der Waals surface area contributed by atoms with Crippen molar-refractivity contribution in [3.8, 4) is 11.5 Å². The predicted molar refractivity (Wildman–Crippen MR) is 117 cm³/mol. The topological polar surface area (TPSA) is 99.9 Å². The van der Waals surface area contributed by atoms with Gasteiger partial charge in [0.05, 0.1) is 30.0 Å². The molecule has 1 aromatic heterocycles. The van der Waals surface area contributed by atoms with Gasteiger partial charge in [0.1, 0.15) is 23.9 Å². The van der Waals surface area contributed by atoms with Crippen molar-refractivity contribution in [3.63, 3.8) is 0 Å². The Morgan fingerprint density at radius 3 is 2.62 bits per heavy atom. The fraction of sp³-hybridized carbons (Fsp3) is 0.292. The van der Waals surface area contributed by atoms with E-state index in [0.717, 1.165) is 16.8 Å². The van der Waals surface area contributed by atoms with Crippen molar-refractivity contribution < 1.29 is 28.3 Å². The minimum absolute atomic E-state index is 0.267. The zero-order valence-electron chi connectivity index (χ0n) is 18.5. The number of ether oxygens (including phenoxy) is 3. The molecule has 1 heterocycles. The highest BCUT2D eigenvalue weighted by Crippen LogP contribution is 2.24. The van der Waals surface area contributed by atoms with E-state index in [1.807, 2.05) is 45.0 Å². The Bertz CT molecular complexity index is 1070. The molecule has 2 aromatic carbocycles. The monoisotopic (exact) mass is 438 g/mol. The van der Waals surface area contributed by atoms with E-state index in [1.165, 1.54) is 0 Å². The van der Waals surface area contributed by atoms with E-state index >= 15 is 0 Å². The Balaban J connectivity index is 1.53. The van der Waals surface area contributed by atoms with Crippen molar-refractivity contribution in [1.82, 2.24) is 10.5 Å². The number of carbonyl (C=O) groups excluding carboxylic acids is 2. The van der Waals surface area contributed by atoms with Gasteiger partial charge in [-0.1, -0.05) is 29.4 Å². The summed E-state index contributed by atoms with van der Waals surface area (Å²) in [6.07, 6.45) is 0. The molecule has 1 amide bonds. The maximum atomic E-state index is 12.4. The summed E-state index contributed by atoms with van der Waals surface area (Å²) in [5.74, 6) is 0.821. The van der Waals surface area contributed by atoms with E-state index in [9.17, 15) is 9.59 Å². The van der Waals surface area contributed by atoms with Gasteiger partial charge >= 0.3 is 5.97 Å². The van der Waals surface area contributed by atoms with Crippen molar-refractivity contribution in [2.24, 2.45) is 0 Å². The fourth-order valence-corrected chi connectivity index (χ4v) is 3.18. The molecule has 168 valence electrons. The lowest BCUT2D eigenvalue weighted by Crippen LogP contribution is -2.31. The number of aromatic nitrogens is 1. The number of amides is 1. The number of methoxy groups -OCH3 is 1. The van der Waals surface area contributed by atoms with Crippen LogP contribution in [-0.2, 0) is 16.1 Å². The fourth-order valence-electron chi connectivity index (χ4n) is 3.18. The van der Waals surface area contributed by atoms with Crippen molar-refractivity contribution in [2.45, 2.75) is 33.4 Å². The number of benzene rings is 2. The van der Waals surface area contributed by atoms with Crippen LogP contribution in [0.15, 0.2) is 53.1 Å². The second-order valence-corrected chi connectivity index (χ2v) is 7.23. The first kappa shape index (κ1) is 22.9. The first-order valence-corrected chi connectivity index (χ1v) is 10.1. The highest BCUT2D eigenvalue weighted by Gasteiger charge is 2.16. The van der Waals surface area contributed by atoms with Crippen LogP contribution in [0.2, 0.25) is 0 Å². The van der Waals surface area contributed by atoms with Gasteiger partial charge in [0, 0.05) is 5.56 Å². The van der Waals surface area contributed by atoms with Gasteiger partial charge in [-0.2, -0.15) is 0 Å². The van der Waals surface area contributed by atoms with Crippen molar-refractivity contribution in [2.75, 3.05) is 13.7 Å². The Kier molecular flexibility index (Phi) is 7.49. The highest BCUT2D eigenvalue weighted by molar-refractivity contribution is 5.91. The molecule has 1 N–H and O–H groups in total. The predicted octanol–water partition coefficient (Wildman–Crippen LogP) is 3.91. The molecule has 0 aliphatic carbocycles. The summed E-state index contributed by atoms with van der Waals surface area (Å²) in [5.41, 5.74) is 2.73. The van der Waals surface area contributed by atoms with Gasteiger partial charge in [-0.15, -0.1) is 0 Å². The Labute approximate surface area is 186 Å². The lowest BCUT2D eigenvalue weighted by molar-refractivity contribution is -0.124. The van der Waals surface area contributed by atoms with Crippen LogP contribution in [0.3, 0.4) is 0 Å². The van der Waals surface area contributed by atoms with Gasteiger partial charge in [-0.3, -0.25) is 4.79 Å². The molecule has 32 heavy (non-hydrogen) atoms. The van der Waals surface area contributed by atoms with E-state index in [1.54, 1.807) is 31.4 Å². The van der Waals surface area contributed by atoms with Crippen molar-refractivity contribution in [1.29, 1.82) is 0 Å². The molecule has 0 saturated carbocycles. The minimum Gasteiger partial charge on any atom is -0.496 e. The Hall–Kier alpha value is -3.81. The number of aryl methyl sites for hydroxylation is 2. The second kappa shape index (κ2) is 10.5. The molecule has 0 fully saturated rings. The van der Waals surface area contributed by atoms with Crippen LogP contribution in [0, 0.1) is 13.8 Å². The summed E-state index contributed by atoms with van der Waals surface area (Å²) in [7, 11) is 1.57. The van der Waals surface area contributed by atoms with Gasteiger partial charge < -0.3 is 24.1 Å². The average molecular weight is 438 g/mol. The number of para-hydroxylation sites is 1. The summed E-state index contributed by atoms with van der Waals surface area (Å²) < 4.78 is 21.4. The number of carbonyl (C=O) groups is 2. The summed E-state index contributed by atoms with van der Waals surface area (Å²) in [6, 6.07) is 13.7. The minimum atomic E-state index is -0.618. The molecule has 0 aliphatic rings. The summed E-state index contributed by atoms with van der Waals surface area (Å²) in [5, 5.41) is 6.69. The standard InChI is InChI=1S/C24H26N2O6/c1-15(20-10-5-6-11-22(20)29-4)25-23(27)14-31-24(28)18-8-7-9-19(12-18)30-13-21-16(2)26-32-17(21)3/h5-12,15H,13-14H2,1-4H3,(H,25,27). The highest BCUT2D eigenvalue weighted by atomic mass is 16.5. The largest absolute Gasteiger partial charge is 0.496 e. The van der Waals surface area contributed by atoms with Gasteiger partial charge in [-0.05, 0) is 45.0 Å². The molecule has 0 saturated heterocycles. The molecular weight excluding hydrogens is 412 g/mol. The van der Waals surface area contributed by atoms with Crippen LogP contribution >= 0.6 is 0 Å². The van der Waals surface area contributed by atoms with Crippen LogP contribution in [0.1, 0.15) is 45.9 Å². The van der Waals surface area contributed by atoms with Gasteiger partial charge in [-0.25, -0.2) is 4.79 Å². The zero-order chi connectivity index (χ0) is 23.1. The molecular formula is C24H26N2O6. The van der Waals surface area contributed by atoms with Crippen molar-refractivity contribution >= 4 is 11.9 Å². The summed E-state index contributed by atoms with van der Waals surface area (Å²) in [6.45, 7) is 5.35. The lowest BCUT2D eigenvalue weighted by Gasteiger charge is -2.17. The van der Waals surface area contributed by atoms with Crippen LogP contribution in [0.4, 0.5) is 0 Å². The van der Waals surface area contributed by atoms with E-state index in [2.05, 4.69) is 10.5 Å². The molecule has 0 spiro atoms. The smallest absolute Gasteiger partial charge is 0.338 e. The lowest BCUT2D eigenvalue weighted by atomic mass is 10.1. The third-order valence-corrected chi connectivity index (χ3v) is 4.95. The maximum absolute atomic E-state index is 12.4. The number of nitrogens with one attached hydrogen (secondary N) is 1. The molecule has 1 atom stereocenters. The van der Waals surface area contributed by atoms with Gasteiger partial charge in [0.2, 0.25) is 0 Å². The third kappa shape index (κ3) is 5.66. The number of hydrogen-bond donors (Lipinski definition) is 1. The molecule has 0 bridgehead atoms. The van der Waals surface area contributed by atoms with Gasteiger partial charge in [0.15, 0.2) is 6.61 Å². The summed E-state index contributed by atoms with van der Waals surface area (Å²) in [4.78, 5) is 24.7. The molecule has 3 rings (SSSR count). The number of rotatable bonds is 9.